The van der Waals surface area contributed by atoms with Crippen LogP contribution in [0.15, 0.2) is 53.1 Å². The van der Waals surface area contributed by atoms with Crippen LogP contribution in [-0.2, 0) is 6.18 Å². The van der Waals surface area contributed by atoms with E-state index in [0.717, 1.165) is 23.7 Å². The third-order valence-corrected chi connectivity index (χ3v) is 7.75. The molecule has 2 heterocycles. The Morgan fingerprint density at radius 2 is 1.85 bits per heavy atom. The average Bonchev–Trinajstić information content (AvgIpc) is 3.31. The minimum absolute atomic E-state index is 0.0218. The first-order chi connectivity index (χ1) is 18.4. The molecule has 0 atom stereocenters. The summed E-state index contributed by atoms with van der Waals surface area (Å²) in [5, 5.41) is 10.3. The maximum Gasteiger partial charge on any atom is 0.435 e. The van der Waals surface area contributed by atoms with Crippen molar-refractivity contribution in [1.29, 1.82) is 0 Å². The average molecular weight is 641 g/mol. The fourth-order valence-electron chi connectivity index (χ4n) is 4.36. The van der Waals surface area contributed by atoms with Gasteiger partial charge in [0.05, 0.1) is 21.3 Å². The molecule has 4 aromatic rings. The zero-order valence-corrected chi connectivity index (χ0v) is 23.3. The number of alkyl halides is 3. The predicted octanol–water partition coefficient (Wildman–Crippen LogP) is 7.43. The van der Waals surface area contributed by atoms with Gasteiger partial charge >= 0.3 is 6.18 Å². The van der Waals surface area contributed by atoms with Gasteiger partial charge in [0.15, 0.2) is 11.5 Å². The summed E-state index contributed by atoms with van der Waals surface area (Å²) in [6.45, 7) is 1.92. The standard InChI is InChI=1S/C26H19BrCl2F3N5O2/c1-25(7-3-8-25)35-23(38)16-11-13-10-14(27)5-6-15(13)20(29)21(16)34-24(39)18-12-19(26(30,31)32)36-37(18)22-17(28)4-2-9-33-22/h2,4-6,9-12H,3,7-8H2,1H3,(H,34,39)(H,35,38). The molecule has 1 aliphatic carbocycles. The molecule has 0 bridgehead atoms. The van der Waals surface area contributed by atoms with Crippen molar-refractivity contribution in [2.24, 2.45) is 0 Å². The van der Waals surface area contributed by atoms with E-state index in [-0.39, 0.29) is 27.1 Å². The molecule has 0 saturated heterocycles. The number of carbonyl (C=O) groups is 2. The molecule has 1 saturated carbocycles. The lowest BCUT2D eigenvalue weighted by molar-refractivity contribution is -0.141. The molecule has 2 N–H and O–H groups in total. The molecule has 39 heavy (non-hydrogen) atoms. The first-order valence-electron chi connectivity index (χ1n) is 11.7. The SMILES string of the molecule is CC1(NC(=O)c2cc3cc(Br)ccc3c(Cl)c2NC(=O)c2cc(C(F)(F)F)nn2-c2ncccc2Cl)CCC1. The topological polar surface area (TPSA) is 88.9 Å². The molecule has 7 nitrogen and oxygen atoms in total. The number of benzene rings is 2. The van der Waals surface area contributed by atoms with Crippen molar-refractivity contribution in [3.8, 4) is 5.82 Å². The van der Waals surface area contributed by atoms with Gasteiger partial charge in [0, 0.05) is 27.7 Å². The number of nitrogens with zero attached hydrogens (tertiary/aromatic N) is 3. The Kier molecular flexibility index (Phi) is 7.11. The van der Waals surface area contributed by atoms with Gasteiger partial charge < -0.3 is 10.6 Å². The Balaban J connectivity index is 1.62. The zero-order chi connectivity index (χ0) is 28.1. The van der Waals surface area contributed by atoms with E-state index in [1.807, 2.05) is 6.92 Å². The third-order valence-electron chi connectivity index (χ3n) is 6.57. The van der Waals surface area contributed by atoms with Crippen molar-refractivity contribution in [3.63, 3.8) is 0 Å². The molecule has 0 aliphatic heterocycles. The van der Waals surface area contributed by atoms with Crippen molar-refractivity contribution in [1.82, 2.24) is 20.1 Å². The third kappa shape index (κ3) is 5.35. The van der Waals surface area contributed by atoms with Crippen molar-refractivity contribution in [3.05, 3.63) is 80.1 Å². The Hall–Kier alpha value is -3.15. The Morgan fingerprint density at radius 3 is 2.49 bits per heavy atom. The van der Waals surface area contributed by atoms with Gasteiger partial charge in [0.2, 0.25) is 0 Å². The van der Waals surface area contributed by atoms with Gasteiger partial charge in [-0.15, -0.1) is 0 Å². The normalized spacial score (nSPS) is 14.6. The molecule has 2 aromatic carbocycles. The number of aromatic nitrogens is 3. The van der Waals surface area contributed by atoms with E-state index in [1.54, 1.807) is 24.3 Å². The summed E-state index contributed by atoms with van der Waals surface area (Å²) in [7, 11) is 0. The number of nitrogens with one attached hydrogen (secondary N) is 2. The van der Waals surface area contributed by atoms with Crippen LogP contribution in [0.2, 0.25) is 10.0 Å². The summed E-state index contributed by atoms with van der Waals surface area (Å²) in [4.78, 5) is 30.9. The molecule has 5 rings (SSSR count). The maximum absolute atomic E-state index is 13.6. The molecule has 2 aromatic heterocycles. The molecule has 202 valence electrons. The van der Waals surface area contributed by atoms with Crippen molar-refractivity contribution in [2.75, 3.05) is 5.32 Å². The summed E-state index contributed by atoms with van der Waals surface area (Å²) in [5.74, 6) is -1.65. The second-order valence-corrected chi connectivity index (χ2v) is 11.1. The van der Waals surface area contributed by atoms with Gasteiger partial charge in [-0.2, -0.15) is 18.3 Å². The lowest BCUT2D eigenvalue weighted by atomic mass is 9.78. The number of hydrogen-bond acceptors (Lipinski definition) is 4. The highest BCUT2D eigenvalue weighted by molar-refractivity contribution is 9.10. The van der Waals surface area contributed by atoms with Crippen LogP contribution in [0.3, 0.4) is 0 Å². The monoisotopic (exact) mass is 639 g/mol. The van der Waals surface area contributed by atoms with Crippen LogP contribution in [-0.4, -0.2) is 32.1 Å². The first-order valence-corrected chi connectivity index (χ1v) is 13.2. The first kappa shape index (κ1) is 27.4. The van der Waals surface area contributed by atoms with E-state index in [9.17, 15) is 22.8 Å². The Labute approximate surface area is 238 Å². The quantitative estimate of drug-likeness (QED) is 0.237. The Bertz CT molecular complexity index is 1640. The van der Waals surface area contributed by atoms with Crippen molar-refractivity contribution >= 4 is 67.4 Å². The number of fused-ring (bicyclic) bond motifs is 1. The number of hydrogen-bond donors (Lipinski definition) is 2. The van der Waals surface area contributed by atoms with Gasteiger partial charge in [-0.1, -0.05) is 45.2 Å². The van der Waals surface area contributed by atoms with E-state index >= 15 is 0 Å². The minimum atomic E-state index is -4.85. The maximum atomic E-state index is 13.6. The van der Waals surface area contributed by atoms with Crippen LogP contribution in [0.5, 0.6) is 0 Å². The van der Waals surface area contributed by atoms with Crippen LogP contribution < -0.4 is 10.6 Å². The van der Waals surface area contributed by atoms with Crippen molar-refractivity contribution in [2.45, 2.75) is 37.9 Å². The molecule has 0 unspecified atom stereocenters. The second-order valence-electron chi connectivity index (χ2n) is 9.43. The molecular formula is C26H19BrCl2F3N5O2. The van der Waals surface area contributed by atoms with Crippen LogP contribution >= 0.6 is 39.1 Å². The zero-order valence-electron chi connectivity index (χ0n) is 20.2. The van der Waals surface area contributed by atoms with Gasteiger partial charge in [-0.3, -0.25) is 9.59 Å². The molecular weight excluding hydrogens is 622 g/mol. The van der Waals surface area contributed by atoms with E-state index in [2.05, 4.69) is 36.6 Å². The molecule has 1 fully saturated rings. The van der Waals surface area contributed by atoms with Crippen LogP contribution in [0, 0.1) is 0 Å². The van der Waals surface area contributed by atoms with E-state index in [0.29, 0.717) is 21.5 Å². The largest absolute Gasteiger partial charge is 0.435 e. The summed E-state index contributed by atoms with van der Waals surface area (Å²) < 4.78 is 42.2. The van der Waals surface area contributed by atoms with Gasteiger partial charge in [-0.25, -0.2) is 9.67 Å². The van der Waals surface area contributed by atoms with Crippen LogP contribution in [0.4, 0.5) is 18.9 Å². The number of amides is 2. The smallest absolute Gasteiger partial charge is 0.347 e. The Morgan fingerprint density at radius 1 is 1.10 bits per heavy atom. The van der Waals surface area contributed by atoms with E-state index in [4.69, 9.17) is 23.2 Å². The molecule has 2 amide bonds. The van der Waals surface area contributed by atoms with E-state index in [1.165, 1.54) is 18.3 Å². The highest BCUT2D eigenvalue weighted by atomic mass is 79.9. The lowest BCUT2D eigenvalue weighted by Gasteiger charge is -2.39. The summed E-state index contributed by atoms with van der Waals surface area (Å²) in [6.07, 6.45) is -0.999. The molecule has 13 heteroatoms. The summed E-state index contributed by atoms with van der Waals surface area (Å²) >= 11 is 16.3. The second kappa shape index (κ2) is 10.1. The number of pyridine rings is 1. The highest BCUT2D eigenvalue weighted by Crippen LogP contribution is 2.38. The van der Waals surface area contributed by atoms with Crippen LogP contribution in [0.1, 0.15) is 52.7 Å². The number of anilines is 1. The molecule has 1 aliphatic rings. The molecule has 0 spiro atoms. The minimum Gasteiger partial charge on any atom is -0.347 e. The fraction of sp³-hybridized carbons (Fsp3) is 0.231. The van der Waals surface area contributed by atoms with Crippen LogP contribution in [0.25, 0.3) is 16.6 Å². The number of rotatable bonds is 5. The fourth-order valence-corrected chi connectivity index (χ4v) is 5.26. The van der Waals surface area contributed by atoms with Crippen molar-refractivity contribution < 1.29 is 22.8 Å². The van der Waals surface area contributed by atoms with Gasteiger partial charge in [0.1, 0.15) is 5.69 Å². The summed E-state index contributed by atoms with van der Waals surface area (Å²) in [5.41, 5.74) is -2.23. The highest BCUT2D eigenvalue weighted by Gasteiger charge is 2.37. The number of carbonyl (C=O) groups excluding carboxylic acids is 2. The van der Waals surface area contributed by atoms with E-state index < -0.39 is 34.9 Å². The lowest BCUT2D eigenvalue weighted by Crippen LogP contribution is -2.51. The van der Waals surface area contributed by atoms with Gasteiger partial charge in [0.25, 0.3) is 11.8 Å². The predicted molar refractivity (Wildman–Crippen MR) is 146 cm³/mol. The number of halogens is 6. The van der Waals surface area contributed by atoms with Gasteiger partial charge in [-0.05, 0) is 61.9 Å². The molecule has 0 radical (unpaired) electrons. The summed E-state index contributed by atoms with van der Waals surface area (Å²) in [6, 6.07) is 10.3.